The van der Waals surface area contributed by atoms with Crippen LogP contribution < -0.4 is 5.43 Å². The minimum absolute atomic E-state index is 0.199. The van der Waals surface area contributed by atoms with E-state index in [1.54, 1.807) is 24.7 Å². The summed E-state index contributed by atoms with van der Waals surface area (Å²) in [5.41, 5.74) is 1.73. The molecule has 1 saturated heterocycles. The van der Waals surface area contributed by atoms with Gasteiger partial charge in [-0.05, 0) is 43.0 Å². The topological polar surface area (TPSA) is 58.4 Å². The fourth-order valence-corrected chi connectivity index (χ4v) is 3.23. The van der Waals surface area contributed by atoms with Crippen LogP contribution in [0.1, 0.15) is 31.0 Å². The molecule has 0 bridgehead atoms. The largest absolute Gasteiger partial charge is 0.503 e. The van der Waals surface area contributed by atoms with Gasteiger partial charge in [0.05, 0.1) is 6.20 Å². The summed E-state index contributed by atoms with van der Waals surface area (Å²) in [6, 6.07) is 5.46. The van der Waals surface area contributed by atoms with Gasteiger partial charge in [-0.2, -0.15) is 0 Å². The quantitative estimate of drug-likeness (QED) is 0.940. The smallest absolute Gasteiger partial charge is 0.223 e. The minimum atomic E-state index is -0.309. The van der Waals surface area contributed by atoms with Crippen LogP contribution in [-0.4, -0.2) is 32.6 Å². The molecule has 1 fully saturated rings. The summed E-state index contributed by atoms with van der Waals surface area (Å²) in [6.07, 6.45) is 7.53. The third-order valence-corrected chi connectivity index (χ3v) is 4.43. The number of aromatic nitrogens is 2. The number of nitrogens with zero attached hydrogens (tertiary/aromatic N) is 3. The zero-order chi connectivity index (χ0) is 16.2. The summed E-state index contributed by atoms with van der Waals surface area (Å²) in [7, 11) is 0. The van der Waals surface area contributed by atoms with E-state index in [0.29, 0.717) is 12.5 Å². The number of likely N-dealkylation sites (tertiary alicyclic amines) is 1. The Balaban J connectivity index is 1.85. The molecule has 0 radical (unpaired) electrons. The molecular formula is C18H23N3O2. The van der Waals surface area contributed by atoms with E-state index in [0.717, 1.165) is 30.9 Å². The maximum absolute atomic E-state index is 11.9. The molecule has 3 rings (SSSR count). The fraction of sp³-hybridized carbons (Fsp3) is 0.444. The molecule has 1 atom stereocenters. The lowest BCUT2D eigenvalue weighted by Gasteiger charge is -2.31. The Kier molecular flexibility index (Phi) is 4.76. The van der Waals surface area contributed by atoms with Gasteiger partial charge in [-0.15, -0.1) is 0 Å². The molecular weight excluding hydrogens is 290 g/mol. The average molecular weight is 313 g/mol. The zero-order valence-corrected chi connectivity index (χ0v) is 13.5. The first kappa shape index (κ1) is 15.7. The first-order chi connectivity index (χ1) is 11.1. The predicted molar refractivity (Wildman–Crippen MR) is 89.4 cm³/mol. The van der Waals surface area contributed by atoms with E-state index >= 15 is 0 Å². The average Bonchev–Trinajstić information content (AvgIpc) is 2.53. The van der Waals surface area contributed by atoms with E-state index in [1.165, 1.54) is 12.8 Å². The molecule has 1 N–H and O–H groups in total. The minimum Gasteiger partial charge on any atom is -0.503 e. The number of hydrogen-bond acceptors (Lipinski definition) is 4. The van der Waals surface area contributed by atoms with Gasteiger partial charge in [-0.1, -0.05) is 6.92 Å². The molecule has 23 heavy (non-hydrogen) atoms. The van der Waals surface area contributed by atoms with E-state index < -0.39 is 0 Å². The summed E-state index contributed by atoms with van der Waals surface area (Å²) in [6.45, 7) is 5.76. The summed E-state index contributed by atoms with van der Waals surface area (Å²) in [5, 5.41) is 9.79. The van der Waals surface area contributed by atoms with E-state index in [-0.39, 0.29) is 11.2 Å². The highest BCUT2D eigenvalue weighted by Gasteiger charge is 2.18. The van der Waals surface area contributed by atoms with Crippen LogP contribution in [0.2, 0.25) is 0 Å². The van der Waals surface area contributed by atoms with Crippen molar-refractivity contribution in [2.75, 3.05) is 13.1 Å². The van der Waals surface area contributed by atoms with Crippen molar-refractivity contribution in [3.63, 3.8) is 0 Å². The second kappa shape index (κ2) is 6.96. The van der Waals surface area contributed by atoms with Gasteiger partial charge in [0.15, 0.2) is 5.75 Å². The third kappa shape index (κ3) is 3.99. The van der Waals surface area contributed by atoms with Crippen LogP contribution in [0.5, 0.6) is 5.75 Å². The van der Waals surface area contributed by atoms with Crippen molar-refractivity contribution in [3.05, 3.63) is 58.3 Å². The van der Waals surface area contributed by atoms with Crippen molar-refractivity contribution >= 4 is 0 Å². The van der Waals surface area contributed by atoms with Crippen LogP contribution in [0.4, 0.5) is 0 Å². The summed E-state index contributed by atoms with van der Waals surface area (Å²) >= 11 is 0. The predicted octanol–water partition coefficient (Wildman–Crippen LogP) is 2.23. The van der Waals surface area contributed by atoms with Crippen molar-refractivity contribution < 1.29 is 5.11 Å². The van der Waals surface area contributed by atoms with E-state index in [9.17, 15) is 9.90 Å². The summed E-state index contributed by atoms with van der Waals surface area (Å²) in [5.74, 6) is 0.496. The first-order valence-electron chi connectivity index (χ1n) is 8.15. The van der Waals surface area contributed by atoms with Gasteiger partial charge in [-0.3, -0.25) is 14.7 Å². The second-order valence-electron chi connectivity index (χ2n) is 6.48. The van der Waals surface area contributed by atoms with Crippen molar-refractivity contribution in [2.45, 2.75) is 32.9 Å². The van der Waals surface area contributed by atoms with E-state index in [1.807, 2.05) is 16.7 Å². The number of rotatable bonds is 4. The van der Waals surface area contributed by atoms with Crippen LogP contribution in [-0.2, 0) is 13.1 Å². The first-order valence-corrected chi connectivity index (χ1v) is 8.15. The lowest BCUT2D eigenvalue weighted by molar-refractivity contribution is 0.172. The summed E-state index contributed by atoms with van der Waals surface area (Å²) in [4.78, 5) is 18.3. The lowest BCUT2D eigenvalue weighted by Crippen LogP contribution is -2.35. The highest BCUT2D eigenvalue weighted by Crippen LogP contribution is 2.18. The van der Waals surface area contributed by atoms with Gasteiger partial charge in [0, 0.05) is 43.8 Å². The lowest BCUT2D eigenvalue weighted by atomic mass is 10.0. The Bertz CT molecular complexity index is 712. The van der Waals surface area contributed by atoms with E-state index in [4.69, 9.17) is 0 Å². The molecule has 2 aromatic rings. The van der Waals surface area contributed by atoms with Crippen LogP contribution in [0, 0.1) is 5.92 Å². The van der Waals surface area contributed by atoms with Gasteiger partial charge in [-0.25, -0.2) is 0 Å². The molecule has 1 aliphatic rings. The molecule has 1 unspecified atom stereocenters. The van der Waals surface area contributed by atoms with Crippen molar-refractivity contribution in [2.24, 2.45) is 5.92 Å². The zero-order valence-electron chi connectivity index (χ0n) is 13.5. The Morgan fingerprint density at radius 1 is 1.30 bits per heavy atom. The van der Waals surface area contributed by atoms with Crippen LogP contribution in [0.25, 0.3) is 0 Å². The van der Waals surface area contributed by atoms with E-state index in [2.05, 4.69) is 16.8 Å². The Hall–Kier alpha value is -2.14. The van der Waals surface area contributed by atoms with Gasteiger partial charge in [0.2, 0.25) is 5.43 Å². The maximum Gasteiger partial charge on any atom is 0.223 e. The molecule has 0 aromatic carbocycles. The van der Waals surface area contributed by atoms with Crippen molar-refractivity contribution in [3.8, 4) is 5.75 Å². The Morgan fingerprint density at radius 2 is 2.09 bits per heavy atom. The fourth-order valence-electron chi connectivity index (χ4n) is 3.23. The monoisotopic (exact) mass is 313 g/mol. The SMILES string of the molecule is CC1CCCN(Cc2cc(=O)c(O)cn2Cc2ccncc2)C1. The van der Waals surface area contributed by atoms with Gasteiger partial charge in [0.25, 0.3) is 0 Å². The Morgan fingerprint density at radius 3 is 2.83 bits per heavy atom. The number of piperidine rings is 1. The maximum atomic E-state index is 11.9. The normalized spacial score (nSPS) is 18.9. The molecule has 5 nitrogen and oxygen atoms in total. The number of hydrogen-bond donors (Lipinski definition) is 1. The molecule has 0 saturated carbocycles. The molecule has 122 valence electrons. The second-order valence-corrected chi connectivity index (χ2v) is 6.48. The third-order valence-electron chi connectivity index (χ3n) is 4.43. The van der Waals surface area contributed by atoms with Gasteiger partial charge >= 0.3 is 0 Å². The molecule has 5 heteroatoms. The van der Waals surface area contributed by atoms with Gasteiger partial charge < -0.3 is 9.67 Å². The number of aromatic hydroxyl groups is 1. The molecule has 1 aliphatic heterocycles. The molecule has 0 amide bonds. The highest BCUT2D eigenvalue weighted by atomic mass is 16.3. The number of pyridine rings is 2. The Labute approximate surface area is 136 Å². The van der Waals surface area contributed by atoms with Crippen LogP contribution >= 0.6 is 0 Å². The van der Waals surface area contributed by atoms with Crippen LogP contribution in [0.15, 0.2) is 41.6 Å². The molecule has 0 spiro atoms. The van der Waals surface area contributed by atoms with Crippen molar-refractivity contribution in [1.29, 1.82) is 0 Å². The van der Waals surface area contributed by atoms with Crippen LogP contribution in [0.3, 0.4) is 0 Å². The van der Waals surface area contributed by atoms with Gasteiger partial charge in [0.1, 0.15) is 0 Å². The highest BCUT2D eigenvalue weighted by molar-refractivity contribution is 5.22. The molecule has 0 aliphatic carbocycles. The summed E-state index contributed by atoms with van der Waals surface area (Å²) < 4.78 is 1.96. The molecule has 3 heterocycles. The van der Waals surface area contributed by atoms with Crippen molar-refractivity contribution in [1.82, 2.24) is 14.5 Å². The molecule has 2 aromatic heterocycles. The standard InChI is InChI=1S/C18H23N3O2/c1-14-3-2-8-20(10-14)12-16-9-17(22)18(23)13-21(16)11-15-4-6-19-7-5-15/h4-7,9,13-14,23H,2-3,8,10-12H2,1H3.